The van der Waals surface area contributed by atoms with Gasteiger partial charge < -0.3 is 10.4 Å². The maximum absolute atomic E-state index is 13.0. The number of nitrogens with zero attached hydrogens (tertiary/aromatic N) is 1. The van der Waals surface area contributed by atoms with E-state index in [-0.39, 0.29) is 44.4 Å². The number of hydrogen-bond acceptors (Lipinski definition) is 4. The van der Waals surface area contributed by atoms with E-state index in [0.717, 1.165) is 0 Å². The fourth-order valence-corrected chi connectivity index (χ4v) is 5.31. The van der Waals surface area contributed by atoms with Gasteiger partial charge in [-0.05, 0) is 49.2 Å². The summed E-state index contributed by atoms with van der Waals surface area (Å²) in [6.07, 6.45) is 1.14. The van der Waals surface area contributed by atoms with Crippen LogP contribution >= 0.6 is 31.9 Å². The molecule has 2 fully saturated rings. The molecule has 31 heavy (non-hydrogen) atoms. The number of imide groups is 1. The molecule has 2 aromatic carbocycles. The van der Waals surface area contributed by atoms with Gasteiger partial charge in [-0.3, -0.25) is 19.3 Å². The van der Waals surface area contributed by atoms with E-state index in [1.807, 2.05) is 0 Å². The molecule has 160 valence electrons. The molecule has 0 unspecified atom stereocenters. The fraction of sp³-hybridized carbons (Fsp3) is 0.273. The van der Waals surface area contributed by atoms with Crippen LogP contribution in [-0.4, -0.2) is 38.5 Å². The van der Waals surface area contributed by atoms with Crippen molar-refractivity contribution in [2.75, 3.05) is 10.2 Å². The summed E-state index contributed by atoms with van der Waals surface area (Å²) in [5.74, 6) is -2.80. The van der Waals surface area contributed by atoms with E-state index >= 15 is 0 Å². The molecule has 1 saturated heterocycles. The van der Waals surface area contributed by atoms with Gasteiger partial charge in [0, 0.05) is 20.9 Å². The number of amides is 3. The van der Waals surface area contributed by atoms with Crippen LogP contribution in [0.25, 0.3) is 0 Å². The van der Waals surface area contributed by atoms with Crippen molar-refractivity contribution in [3.8, 4) is 0 Å². The standard InChI is InChI=1S/C22H18Br2N2O5/c23-17-9-15-16(10-18(17)24)21(29)26(20(15)28)14-6-2-3-11(8-14)19(27)25-13-5-1-4-12(7-13)22(30)31/h1-8,15-18H,9-10H2,(H,25,27)(H,30,31)/t15-,16-,17+,18+/m1/s1. The highest BCUT2D eigenvalue weighted by Gasteiger charge is 2.52. The predicted octanol–water partition coefficient (Wildman–Crippen LogP) is 4.06. The summed E-state index contributed by atoms with van der Waals surface area (Å²) in [5.41, 5.74) is 0.998. The molecule has 0 aromatic heterocycles. The third kappa shape index (κ3) is 4.16. The number of carboxylic acid groups (broad SMARTS) is 1. The van der Waals surface area contributed by atoms with Crippen LogP contribution in [0.2, 0.25) is 0 Å². The van der Waals surface area contributed by atoms with E-state index in [2.05, 4.69) is 37.2 Å². The summed E-state index contributed by atoms with van der Waals surface area (Å²) in [7, 11) is 0. The van der Waals surface area contributed by atoms with Crippen LogP contribution in [-0.2, 0) is 9.59 Å². The van der Waals surface area contributed by atoms with Gasteiger partial charge in [0.15, 0.2) is 0 Å². The molecule has 4 rings (SSSR count). The Hall–Kier alpha value is -2.52. The first-order valence-electron chi connectivity index (χ1n) is 9.67. The molecule has 1 heterocycles. The molecule has 2 aromatic rings. The van der Waals surface area contributed by atoms with Gasteiger partial charge in [-0.2, -0.15) is 0 Å². The monoisotopic (exact) mass is 548 g/mol. The number of aromatic carboxylic acids is 1. The lowest BCUT2D eigenvalue weighted by molar-refractivity contribution is -0.122. The molecule has 2 N–H and O–H groups in total. The second-order valence-corrected chi connectivity index (χ2v) is 9.97. The first kappa shape index (κ1) is 21.7. The van der Waals surface area contributed by atoms with Crippen molar-refractivity contribution in [2.24, 2.45) is 11.8 Å². The van der Waals surface area contributed by atoms with Crippen LogP contribution in [0.3, 0.4) is 0 Å². The Balaban J connectivity index is 1.56. The Bertz CT molecular complexity index is 1060. The molecule has 0 spiro atoms. The zero-order valence-corrected chi connectivity index (χ0v) is 19.3. The number of alkyl halides is 2. The van der Waals surface area contributed by atoms with Gasteiger partial charge >= 0.3 is 5.97 Å². The SMILES string of the molecule is O=C(O)c1cccc(NC(=O)c2cccc(N3C(=O)[C@@H]4C[C@H](Br)[C@@H](Br)C[C@H]4C3=O)c2)c1. The zero-order chi connectivity index (χ0) is 22.3. The number of benzene rings is 2. The van der Waals surface area contributed by atoms with E-state index in [0.29, 0.717) is 24.2 Å². The molecule has 1 aliphatic carbocycles. The van der Waals surface area contributed by atoms with Crippen LogP contribution in [0.4, 0.5) is 11.4 Å². The maximum Gasteiger partial charge on any atom is 0.335 e. The van der Waals surface area contributed by atoms with Gasteiger partial charge in [0.25, 0.3) is 5.91 Å². The average molecular weight is 550 g/mol. The highest BCUT2D eigenvalue weighted by molar-refractivity contribution is 9.12. The van der Waals surface area contributed by atoms with Crippen LogP contribution in [0, 0.1) is 11.8 Å². The third-order valence-electron chi connectivity index (χ3n) is 5.65. The summed E-state index contributed by atoms with van der Waals surface area (Å²) < 4.78 is 0. The highest BCUT2D eigenvalue weighted by atomic mass is 79.9. The minimum absolute atomic E-state index is 0.0533. The molecule has 7 nitrogen and oxygen atoms in total. The normalized spacial score (nSPS) is 25.3. The molecular formula is C22H18Br2N2O5. The lowest BCUT2D eigenvalue weighted by atomic mass is 9.81. The number of nitrogens with one attached hydrogen (secondary N) is 1. The smallest absolute Gasteiger partial charge is 0.335 e. The van der Waals surface area contributed by atoms with E-state index in [4.69, 9.17) is 5.11 Å². The third-order valence-corrected chi connectivity index (χ3v) is 8.38. The number of carboxylic acids is 1. The molecule has 1 aliphatic heterocycles. The summed E-state index contributed by atoms with van der Waals surface area (Å²) in [4.78, 5) is 51.2. The van der Waals surface area contributed by atoms with Gasteiger partial charge in [0.2, 0.25) is 11.8 Å². The van der Waals surface area contributed by atoms with Crippen molar-refractivity contribution in [1.29, 1.82) is 0 Å². The molecular weight excluding hydrogens is 532 g/mol. The highest BCUT2D eigenvalue weighted by Crippen LogP contribution is 2.44. The van der Waals surface area contributed by atoms with E-state index in [9.17, 15) is 19.2 Å². The minimum atomic E-state index is -1.10. The maximum atomic E-state index is 13.0. The molecule has 1 saturated carbocycles. The van der Waals surface area contributed by atoms with Gasteiger partial charge in [-0.25, -0.2) is 4.79 Å². The Morgan fingerprint density at radius 2 is 1.48 bits per heavy atom. The Kier molecular flexibility index (Phi) is 5.98. The summed E-state index contributed by atoms with van der Waals surface area (Å²) >= 11 is 7.14. The topological polar surface area (TPSA) is 104 Å². The quantitative estimate of drug-likeness (QED) is 0.442. The first-order chi connectivity index (χ1) is 14.8. The van der Waals surface area contributed by atoms with Crippen LogP contribution < -0.4 is 10.2 Å². The number of fused-ring (bicyclic) bond motifs is 1. The Morgan fingerprint density at radius 3 is 2.10 bits per heavy atom. The van der Waals surface area contributed by atoms with Crippen LogP contribution in [0.1, 0.15) is 33.6 Å². The molecule has 3 amide bonds. The van der Waals surface area contributed by atoms with Gasteiger partial charge in [0.1, 0.15) is 0 Å². The lowest BCUT2D eigenvalue weighted by Crippen LogP contribution is -2.34. The number of carbonyl (C=O) groups is 4. The Morgan fingerprint density at radius 1 is 0.903 bits per heavy atom. The van der Waals surface area contributed by atoms with Crippen molar-refractivity contribution in [2.45, 2.75) is 22.5 Å². The fourth-order valence-electron chi connectivity index (χ4n) is 4.07. The van der Waals surface area contributed by atoms with Gasteiger partial charge in [-0.1, -0.05) is 44.0 Å². The molecule has 2 aliphatic rings. The largest absolute Gasteiger partial charge is 0.478 e. The van der Waals surface area contributed by atoms with Crippen molar-refractivity contribution in [3.63, 3.8) is 0 Å². The van der Waals surface area contributed by atoms with Crippen molar-refractivity contribution >= 4 is 66.9 Å². The minimum Gasteiger partial charge on any atom is -0.478 e. The average Bonchev–Trinajstić information content (AvgIpc) is 2.98. The van der Waals surface area contributed by atoms with Crippen molar-refractivity contribution in [1.82, 2.24) is 0 Å². The molecule has 9 heteroatoms. The zero-order valence-electron chi connectivity index (χ0n) is 16.1. The van der Waals surface area contributed by atoms with E-state index in [1.165, 1.54) is 29.2 Å². The van der Waals surface area contributed by atoms with Gasteiger partial charge in [-0.15, -0.1) is 0 Å². The first-order valence-corrected chi connectivity index (χ1v) is 11.5. The number of carbonyl (C=O) groups excluding carboxylic acids is 3. The van der Waals surface area contributed by atoms with Gasteiger partial charge in [0.05, 0.1) is 23.1 Å². The summed E-state index contributed by atoms with van der Waals surface area (Å²) in [5, 5.41) is 11.8. The van der Waals surface area contributed by atoms with Crippen LogP contribution in [0.15, 0.2) is 48.5 Å². The lowest BCUT2D eigenvalue weighted by Gasteiger charge is -2.29. The van der Waals surface area contributed by atoms with Crippen LogP contribution in [0.5, 0.6) is 0 Å². The van der Waals surface area contributed by atoms with E-state index < -0.39 is 11.9 Å². The number of hydrogen-bond donors (Lipinski definition) is 2. The molecule has 0 radical (unpaired) electrons. The second-order valence-electron chi connectivity index (χ2n) is 7.62. The molecule has 0 bridgehead atoms. The summed E-state index contributed by atoms with van der Waals surface area (Å²) in [6.45, 7) is 0. The Labute approximate surface area is 195 Å². The predicted molar refractivity (Wildman–Crippen MR) is 122 cm³/mol. The molecule has 4 atom stereocenters. The number of anilines is 2. The number of halogens is 2. The van der Waals surface area contributed by atoms with Crippen molar-refractivity contribution < 1.29 is 24.3 Å². The second kappa shape index (κ2) is 8.55. The summed E-state index contributed by atoms with van der Waals surface area (Å²) in [6, 6.07) is 12.2. The number of rotatable bonds is 4. The van der Waals surface area contributed by atoms with E-state index in [1.54, 1.807) is 24.3 Å². The van der Waals surface area contributed by atoms with Crippen molar-refractivity contribution in [3.05, 3.63) is 59.7 Å².